The first-order chi connectivity index (χ1) is 7.06. The number of nitrogens with two attached hydrogens (primary N) is 1. The average molecular weight is 273 g/mol. The first kappa shape index (κ1) is 12.5. The minimum atomic E-state index is 0.0403. The van der Waals surface area contributed by atoms with Crippen molar-refractivity contribution in [3.8, 4) is 0 Å². The number of benzene rings is 1. The Labute approximate surface area is 99.0 Å². The van der Waals surface area contributed by atoms with Gasteiger partial charge in [0.25, 0.3) is 0 Å². The van der Waals surface area contributed by atoms with Crippen molar-refractivity contribution in [3.63, 3.8) is 0 Å². The molecule has 0 fully saturated rings. The molecule has 0 unspecified atom stereocenters. The van der Waals surface area contributed by atoms with E-state index in [4.69, 9.17) is 10.8 Å². The number of rotatable bonds is 4. The molecule has 1 aromatic rings. The highest BCUT2D eigenvalue weighted by Gasteiger charge is 2.07. The summed E-state index contributed by atoms with van der Waals surface area (Å²) in [7, 11) is 1.95. The molecule has 0 aliphatic carbocycles. The van der Waals surface area contributed by atoms with Gasteiger partial charge in [0, 0.05) is 24.1 Å². The third-order valence-electron chi connectivity index (χ3n) is 2.34. The number of aliphatic hydroxyl groups excluding tert-OH is 1. The van der Waals surface area contributed by atoms with E-state index < -0.39 is 0 Å². The molecule has 1 aromatic carbocycles. The Morgan fingerprint density at radius 2 is 2.20 bits per heavy atom. The van der Waals surface area contributed by atoms with Gasteiger partial charge in [0.2, 0.25) is 0 Å². The largest absolute Gasteiger partial charge is 0.395 e. The summed E-state index contributed by atoms with van der Waals surface area (Å²) in [6.07, 6.45) is 0. The van der Waals surface area contributed by atoms with Crippen molar-refractivity contribution in [3.05, 3.63) is 28.2 Å². The molecule has 84 valence electrons. The summed E-state index contributed by atoms with van der Waals surface area (Å²) >= 11 is 3.51. The highest BCUT2D eigenvalue weighted by Crippen LogP contribution is 2.28. The van der Waals surface area contributed by atoms with Gasteiger partial charge in [-0.1, -0.05) is 6.07 Å². The van der Waals surface area contributed by atoms with Crippen LogP contribution in [0.5, 0.6) is 0 Å². The number of anilines is 1. The normalized spacial score (nSPS) is 12.6. The van der Waals surface area contributed by atoms with Crippen LogP contribution in [-0.2, 0) is 0 Å². The zero-order chi connectivity index (χ0) is 11.4. The van der Waals surface area contributed by atoms with E-state index in [1.54, 1.807) is 0 Å². The van der Waals surface area contributed by atoms with E-state index >= 15 is 0 Å². The van der Waals surface area contributed by atoms with Crippen LogP contribution in [0.4, 0.5) is 5.69 Å². The number of nitrogens with zero attached hydrogens (tertiary/aromatic N) is 1. The Bertz CT molecular complexity index is 328. The van der Waals surface area contributed by atoms with E-state index in [9.17, 15) is 0 Å². The van der Waals surface area contributed by atoms with Crippen molar-refractivity contribution >= 4 is 21.6 Å². The lowest BCUT2D eigenvalue weighted by atomic mass is 10.1. The summed E-state index contributed by atoms with van der Waals surface area (Å²) in [5, 5.41) is 8.85. The molecule has 3 N–H and O–H groups in total. The predicted octanol–water partition coefficient (Wildman–Crippen LogP) is 1.90. The fraction of sp³-hybridized carbons (Fsp3) is 0.455. The maximum absolute atomic E-state index is 8.85. The van der Waals surface area contributed by atoms with Gasteiger partial charge in [-0.25, -0.2) is 0 Å². The molecular formula is C11H17BrN2O. The summed E-state index contributed by atoms with van der Waals surface area (Å²) in [6, 6.07) is 6.09. The zero-order valence-electron chi connectivity index (χ0n) is 9.07. The van der Waals surface area contributed by atoms with E-state index in [2.05, 4.69) is 15.9 Å². The van der Waals surface area contributed by atoms with Crippen LogP contribution in [-0.4, -0.2) is 25.3 Å². The van der Waals surface area contributed by atoms with Crippen LogP contribution in [0.3, 0.4) is 0 Å². The molecule has 0 saturated heterocycles. The molecule has 0 heterocycles. The van der Waals surface area contributed by atoms with E-state index in [0.717, 1.165) is 15.7 Å². The van der Waals surface area contributed by atoms with Gasteiger partial charge in [-0.3, -0.25) is 0 Å². The lowest BCUT2D eigenvalue weighted by Crippen LogP contribution is -2.21. The molecule has 4 heteroatoms. The third-order valence-corrected chi connectivity index (χ3v) is 2.98. The molecule has 0 bridgehead atoms. The molecule has 1 atom stereocenters. The molecule has 1 rings (SSSR count). The minimum absolute atomic E-state index is 0.0403. The van der Waals surface area contributed by atoms with E-state index in [1.807, 2.05) is 37.1 Å². The lowest BCUT2D eigenvalue weighted by molar-refractivity contribution is 0.304. The van der Waals surface area contributed by atoms with Crippen molar-refractivity contribution in [2.75, 3.05) is 25.1 Å². The van der Waals surface area contributed by atoms with Crippen molar-refractivity contribution in [1.29, 1.82) is 0 Å². The van der Waals surface area contributed by atoms with Gasteiger partial charge >= 0.3 is 0 Å². The second-order valence-corrected chi connectivity index (χ2v) is 4.50. The van der Waals surface area contributed by atoms with E-state index in [0.29, 0.717) is 6.54 Å². The second kappa shape index (κ2) is 5.49. The number of likely N-dealkylation sites (N-methyl/N-ethyl adjacent to an activating group) is 1. The molecule has 15 heavy (non-hydrogen) atoms. The summed E-state index contributed by atoms with van der Waals surface area (Å²) in [5.41, 5.74) is 7.96. The highest BCUT2D eigenvalue weighted by atomic mass is 79.9. The highest BCUT2D eigenvalue weighted by molar-refractivity contribution is 9.10. The minimum Gasteiger partial charge on any atom is -0.395 e. The van der Waals surface area contributed by atoms with Crippen LogP contribution in [0, 0.1) is 0 Å². The fourth-order valence-corrected chi connectivity index (χ4v) is 2.09. The van der Waals surface area contributed by atoms with Gasteiger partial charge in [-0.15, -0.1) is 0 Å². The smallest absolute Gasteiger partial charge is 0.0606 e. The Morgan fingerprint density at radius 1 is 1.53 bits per heavy atom. The summed E-state index contributed by atoms with van der Waals surface area (Å²) in [6.45, 7) is 2.73. The molecule has 0 amide bonds. The SMILES string of the molecule is C[C@H](N)c1ccc(N(C)CCO)c(Br)c1. The van der Waals surface area contributed by atoms with Gasteiger partial charge in [0.15, 0.2) is 0 Å². The number of aliphatic hydroxyl groups is 1. The van der Waals surface area contributed by atoms with Crippen LogP contribution < -0.4 is 10.6 Å². The molecular weight excluding hydrogens is 256 g/mol. The molecule has 0 aliphatic heterocycles. The molecule has 0 aliphatic rings. The van der Waals surface area contributed by atoms with Crippen LogP contribution in [0.1, 0.15) is 18.5 Å². The first-order valence-corrected chi connectivity index (χ1v) is 5.72. The average Bonchev–Trinajstić information content (AvgIpc) is 2.17. The van der Waals surface area contributed by atoms with Crippen molar-refractivity contribution in [2.24, 2.45) is 5.73 Å². The van der Waals surface area contributed by atoms with E-state index in [1.165, 1.54) is 0 Å². The van der Waals surface area contributed by atoms with Crippen molar-refractivity contribution < 1.29 is 5.11 Å². The number of hydrogen-bond donors (Lipinski definition) is 2. The molecule has 0 saturated carbocycles. The maximum atomic E-state index is 8.85. The Hall–Kier alpha value is -0.580. The van der Waals surface area contributed by atoms with Crippen molar-refractivity contribution in [1.82, 2.24) is 0 Å². The second-order valence-electron chi connectivity index (χ2n) is 3.64. The van der Waals surface area contributed by atoms with Gasteiger partial charge in [0.1, 0.15) is 0 Å². The first-order valence-electron chi connectivity index (χ1n) is 4.93. The third kappa shape index (κ3) is 3.19. The predicted molar refractivity (Wildman–Crippen MR) is 67.1 cm³/mol. The Morgan fingerprint density at radius 3 is 2.67 bits per heavy atom. The molecule has 0 spiro atoms. The van der Waals surface area contributed by atoms with Crippen LogP contribution in [0.25, 0.3) is 0 Å². The molecule has 3 nitrogen and oxygen atoms in total. The summed E-state index contributed by atoms with van der Waals surface area (Å²) in [5.74, 6) is 0. The van der Waals surface area contributed by atoms with Gasteiger partial charge in [-0.05, 0) is 40.5 Å². The molecule has 0 radical (unpaired) electrons. The van der Waals surface area contributed by atoms with E-state index in [-0.39, 0.29) is 12.6 Å². The topological polar surface area (TPSA) is 49.5 Å². The van der Waals surface area contributed by atoms with Gasteiger partial charge < -0.3 is 15.7 Å². The maximum Gasteiger partial charge on any atom is 0.0606 e. The Kier molecular flexibility index (Phi) is 4.57. The number of hydrogen-bond acceptors (Lipinski definition) is 3. The van der Waals surface area contributed by atoms with Crippen LogP contribution in [0.15, 0.2) is 22.7 Å². The quantitative estimate of drug-likeness (QED) is 0.880. The van der Waals surface area contributed by atoms with Crippen LogP contribution in [0.2, 0.25) is 0 Å². The van der Waals surface area contributed by atoms with Gasteiger partial charge in [0.05, 0.1) is 12.3 Å². The fourth-order valence-electron chi connectivity index (χ4n) is 1.39. The monoisotopic (exact) mass is 272 g/mol. The van der Waals surface area contributed by atoms with Crippen molar-refractivity contribution in [2.45, 2.75) is 13.0 Å². The van der Waals surface area contributed by atoms with Crippen LogP contribution >= 0.6 is 15.9 Å². The lowest BCUT2D eigenvalue weighted by Gasteiger charge is -2.20. The number of halogens is 1. The van der Waals surface area contributed by atoms with Gasteiger partial charge in [-0.2, -0.15) is 0 Å². The summed E-state index contributed by atoms with van der Waals surface area (Å²) < 4.78 is 1.01. The zero-order valence-corrected chi connectivity index (χ0v) is 10.7. The molecule has 0 aromatic heterocycles. The summed E-state index contributed by atoms with van der Waals surface area (Å²) in [4.78, 5) is 2.00. The standard InChI is InChI=1S/C11H17BrN2O/c1-8(13)9-3-4-11(10(12)7-9)14(2)5-6-15/h3-4,7-8,15H,5-6,13H2,1-2H3/t8-/m0/s1. The Balaban J connectivity index is 2.92.